The average Bonchev–Trinajstić information content (AvgIpc) is 3.60. The highest BCUT2D eigenvalue weighted by Crippen LogP contribution is 2.31. The highest BCUT2D eigenvalue weighted by Gasteiger charge is 2.24. The van der Waals surface area contributed by atoms with Gasteiger partial charge in [-0.25, -0.2) is 9.50 Å². The second-order valence-electron chi connectivity index (χ2n) is 9.45. The molecular formula is C25H26N8O3. The van der Waals surface area contributed by atoms with Crippen LogP contribution >= 0.6 is 0 Å². The molecule has 0 fully saturated rings. The number of carbonyl (C=O) groups excluding carboxylic acids is 1. The van der Waals surface area contributed by atoms with Crippen molar-refractivity contribution in [3.63, 3.8) is 0 Å². The quantitative estimate of drug-likeness (QED) is 0.387. The maximum atomic E-state index is 12.6. The summed E-state index contributed by atoms with van der Waals surface area (Å²) >= 11 is 0. The van der Waals surface area contributed by atoms with Gasteiger partial charge in [0.2, 0.25) is 5.89 Å². The normalized spacial score (nSPS) is 11.7. The van der Waals surface area contributed by atoms with Crippen molar-refractivity contribution in [2.75, 3.05) is 7.11 Å². The molecule has 0 bridgehead atoms. The lowest BCUT2D eigenvalue weighted by atomic mass is 9.97. The van der Waals surface area contributed by atoms with Crippen molar-refractivity contribution in [2.24, 2.45) is 7.05 Å². The number of amides is 1. The van der Waals surface area contributed by atoms with Gasteiger partial charge in [-0.1, -0.05) is 38.1 Å². The fourth-order valence-electron chi connectivity index (χ4n) is 3.79. The Kier molecular flexibility index (Phi) is 5.75. The van der Waals surface area contributed by atoms with Gasteiger partial charge in [-0.15, -0.1) is 0 Å². The number of methoxy groups -OCH3 is 1. The van der Waals surface area contributed by atoms with Crippen molar-refractivity contribution >= 4 is 11.4 Å². The van der Waals surface area contributed by atoms with Crippen LogP contribution in [0.4, 0.5) is 0 Å². The summed E-state index contributed by atoms with van der Waals surface area (Å²) in [5, 5.41) is 15.2. The molecule has 4 aromatic heterocycles. The number of hydrogen-bond acceptors (Lipinski definition) is 8. The van der Waals surface area contributed by atoms with E-state index in [1.165, 1.54) is 6.33 Å². The van der Waals surface area contributed by atoms with Crippen LogP contribution < -0.4 is 10.1 Å². The Hall–Kier alpha value is -4.54. The highest BCUT2D eigenvalue weighted by molar-refractivity contribution is 5.90. The monoisotopic (exact) mass is 486 g/mol. The van der Waals surface area contributed by atoms with Gasteiger partial charge in [0.05, 0.1) is 24.5 Å². The number of carbonyl (C=O) groups is 1. The summed E-state index contributed by atoms with van der Waals surface area (Å²) in [6.45, 7) is 6.05. The molecule has 11 nitrogen and oxygen atoms in total. The Labute approximate surface area is 207 Å². The molecule has 4 heterocycles. The number of hydrogen-bond donors (Lipinski definition) is 1. The Morgan fingerprint density at radius 1 is 1.11 bits per heavy atom. The fourth-order valence-corrected chi connectivity index (χ4v) is 3.79. The molecule has 0 aliphatic rings. The van der Waals surface area contributed by atoms with E-state index in [2.05, 4.69) is 30.6 Å². The van der Waals surface area contributed by atoms with Crippen molar-refractivity contribution in [2.45, 2.75) is 32.7 Å². The van der Waals surface area contributed by atoms with Crippen LogP contribution in [0.3, 0.4) is 0 Å². The molecule has 0 radical (unpaired) electrons. The number of benzene rings is 1. The molecule has 0 saturated heterocycles. The van der Waals surface area contributed by atoms with Crippen molar-refractivity contribution in [3.8, 4) is 28.1 Å². The summed E-state index contributed by atoms with van der Waals surface area (Å²) in [5.41, 5.74) is 4.92. The van der Waals surface area contributed by atoms with Gasteiger partial charge >= 0.3 is 0 Å². The van der Waals surface area contributed by atoms with Crippen molar-refractivity contribution < 1.29 is 14.1 Å². The summed E-state index contributed by atoms with van der Waals surface area (Å²) in [7, 11) is 3.47. The van der Waals surface area contributed by atoms with Crippen molar-refractivity contribution in [1.82, 2.24) is 39.8 Å². The van der Waals surface area contributed by atoms with Crippen LogP contribution in [-0.2, 0) is 19.0 Å². The predicted octanol–water partition coefficient (Wildman–Crippen LogP) is 3.42. The zero-order valence-corrected chi connectivity index (χ0v) is 20.7. The average molecular weight is 487 g/mol. The van der Waals surface area contributed by atoms with Crippen LogP contribution in [-0.4, -0.2) is 47.5 Å². The molecule has 0 aliphatic carbocycles. The van der Waals surface area contributed by atoms with E-state index in [1.807, 2.05) is 70.7 Å². The van der Waals surface area contributed by atoms with Crippen LogP contribution in [0.2, 0.25) is 0 Å². The summed E-state index contributed by atoms with van der Waals surface area (Å²) in [6, 6.07) is 7.76. The van der Waals surface area contributed by atoms with E-state index in [9.17, 15) is 4.79 Å². The first-order chi connectivity index (χ1) is 17.2. The van der Waals surface area contributed by atoms with E-state index in [1.54, 1.807) is 16.3 Å². The molecule has 0 spiro atoms. The summed E-state index contributed by atoms with van der Waals surface area (Å²) in [6.07, 6.45) is 7.23. The second-order valence-corrected chi connectivity index (χ2v) is 9.45. The van der Waals surface area contributed by atoms with E-state index < -0.39 is 5.91 Å². The standard InChI is InChI=1S/C25H26N8O3/c1-25(2,3)24-30-22(31-36-24)23(34)26-10-16-7-6-15(9-20(16)35-5)21-19-8-17(13-33(19)29-14-27-21)18-11-28-32(4)12-18/h6-9,11-14H,10H2,1-5H3,(H,26,34). The number of fused-ring (bicyclic) bond motifs is 1. The van der Waals surface area contributed by atoms with Crippen LogP contribution in [0.5, 0.6) is 5.75 Å². The van der Waals surface area contributed by atoms with Gasteiger partial charge < -0.3 is 14.6 Å². The predicted molar refractivity (Wildman–Crippen MR) is 131 cm³/mol. The largest absolute Gasteiger partial charge is 0.496 e. The summed E-state index contributed by atoms with van der Waals surface area (Å²) in [4.78, 5) is 21.3. The topological polar surface area (TPSA) is 125 Å². The van der Waals surface area contributed by atoms with Gasteiger partial charge in [-0.2, -0.15) is 15.2 Å². The molecule has 0 aliphatic heterocycles. The molecule has 0 atom stereocenters. The zero-order chi connectivity index (χ0) is 25.4. The minimum Gasteiger partial charge on any atom is -0.496 e. The first-order valence-corrected chi connectivity index (χ1v) is 11.3. The number of aromatic nitrogens is 7. The Morgan fingerprint density at radius 2 is 1.94 bits per heavy atom. The maximum absolute atomic E-state index is 12.6. The van der Waals surface area contributed by atoms with Crippen molar-refractivity contribution in [3.05, 3.63) is 66.5 Å². The lowest BCUT2D eigenvalue weighted by Gasteiger charge is -2.12. The number of rotatable bonds is 6. The number of nitrogens with one attached hydrogen (secondary N) is 1. The highest BCUT2D eigenvalue weighted by atomic mass is 16.5. The van der Waals surface area contributed by atoms with E-state index in [-0.39, 0.29) is 17.8 Å². The van der Waals surface area contributed by atoms with E-state index in [0.717, 1.165) is 33.5 Å². The molecule has 1 N–H and O–H groups in total. The third kappa shape index (κ3) is 4.42. The molecule has 0 saturated carbocycles. The number of nitrogens with zero attached hydrogens (tertiary/aromatic N) is 7. The van der Waals surface area contributed by atoms with Gasteiger partial charge in [0.15, 0.2) is 0 Å². The van der Waals surface area contributed by atoms with E-state index >= 15 is 0 Å². The van der Waals surface area contributed by atoms with Gasteiger partial charge in [0.25, 0.3) is 11.7 Å². The molecule has 5 aromatic rings. The summed E-state index contributed by atoms with van der Waals surface area (Å²) < 4.78 is 14.4. The number of ether oxygens (including phenoxy) is 1. The van der Waals surface area contributed by atoms with E-state index in [0.29, 0.717) is 11.6 Å². The Bertz CT molecular complexity index is 1560. The third-order valence-electron chi connectivity index (χ3n) is 5.71. The SMILES string of the molecule is COc1cc(-c2ncnn3cc(-c4cnn(C)c4)cc23)ccc1CNC(=O)c1noc(C(C)(C)C)n1. The van der Waals surface area contributed by atoms with Crippen LogP contribution in [0.25, 0.3) is 27.9 Å². The molecule has 184 valence electrons. The van der Waals surface area contributed by atoms with Gasteiger partial charge in [-0.05, 0) is 12.1 Å². The number of aryl methyl sites for hydroxylation is 1. The fraction of sp³-hybridized carbons (Fsp3) is 0.280. The molecule has 36 heavy (non-hydrogen) atoms. The van der Waals surface area contributed by atoms with Crippen molar-refractivity contribution in [1.29, 1.82) is 0 Å². The zero-order valence-electron chi connectivity index (χ0n) is 20.7. The molecule has 1 aromatic carbocycles. The lowest BCUT2D eigenvalue weighted by molar-refractivity contribution is 0.0937. The molecule has 0 unspecified atom stereocenters. The van der Waals surface area contributed by atoms with Gasteiger partial charge in [-0.3, -0.25) is 9.48 Å². The lowest BCUT2D eigenvalue weighted by Crippen LogP contribution is -2.24. The summed E-state index contributed by atoms with van der Waals surface area (Å²) in [5.74, 6) is 0.598. The Balaban J connectivity index is 1.39. The molecule has 11 heteroatoms. The first kappa shape index (κ1) is 23.2. The molecule has 5 rings (SSSR count). The first-order valence-electron chi connectivity index (χ1n) is 11.3. The van der Waals surface area contributed by atoms with Crippen LogP contribution in [0, 0.1) is 0 Å². The van der Waals surface area contributed by atoms with Crippen LogP contribution in [0.15, 0.2) is 53.7 Å². The second kappa shape index (κ2) is 8.91. The van der Waals surface area contributed by atoms with Crippen LogP contribution in [0.1, 0.15) is 42.8 Å². The molecular weight excluding hydrogens is 460 g/mol. The minimum absolute atomic E-state index is 0.00320. The maximum Gasteiger partial charge on any atom is 0.292 e. The minimum atomic E-state index is -0.422. The Morgan fingerprint density at radius 3 is 2.64 bits per heavy atom. The van der Waals surface area contributed by atoms with Gasteiger partial charge in [0.1, 0.15) is 12.1 Å². The smallest absolute Gasteiger partial charge is 0.292 e. The third-order valence-corrected chi connectivity index (χ3v) is 5.71. The van der Waals surface area contributed by atoms with E-state index in [4.69, 9.17) is 9.26 Å². The molecule has 1 amide bonds. The van der Waals surface area contributed by atoms with Gasteiger partial charge in [0, 0.05) is 53.7 Å².